The highest BCUT2D eigenvalue weighted by atomic mass is 16.5. The lowest BCUT2D eigenvalue weighted by molar-refractivity contribution is 0.0138. The maximum Gasteiger partial charge on any atom is 0.0900 e. The Morgan fingerprint density at radius 1 is 1.47 bits per heavy atom. The molecule has 0 aromatic heterocycles. The first kappa shape index (κ1) is 12.9. The maximum absolute atomic E-state index is 9.66. The van der Waals surface area contributed by atoms with E-state index in [4.69, 9.17) is 9.84 Å². The first-order valence-electron chi connectivity index (χ1n) is 5.79. The topological polar surface area (TPSA) is 52.9 Å². The molecule has 0 saturated carbocycles. The molecule has 0 aromatic rings. The zero-order valence-corrected chi connectivity index (χ0v) is 9.56. The number of β-amino-alcohol motifs (C(OH)–C–C–N with tert-alkyl or cyclic N) is 1. The fraction of sp³-hybridized carbons (Fsp3) is 1.00. The number of aliphatic hydroxyl groups is 2. The predicted molar refractivity (Wildman–Crippen MR) is 58.8 cm³/mol. The van der Waals surface area contributed by atoms with Crippen molar-refractivity contribution in [2.45, 2.75) is 37.8 Å². The molecule has 0 spiro atoms. The van der Waals surface area contributed by atoms with Crippen LogP contribution >= 0.6 is 0 Å². The molecule has 2 unspecified atom stereocenters. The second kappa shape index (κ2) is 7.17. The van der Waals surface area contributed by atoms with Crippen molar-refractivity contribution in [3.63, 3.8) is 0 Å². The molecule has 1 heterocycles. The molecule has 1 aliphatic rings. The van der Waals surface area contributed by atoms with Gasteiger partial charge < -0.3 is 14.9 Å². The number of piperidine rings is 1. The zero-order valence-electron chi connectivity index (χ0n) is 9.56. The standard InChI is InChI=1S/C11H23NO3/c1-15-9-11(14)8-12-6-3-2-4-10(12)5-7-13/h10-11,13-14H,2-9H2,1H3. The quantitative estimate of drug-likeness (QED) is 0.669. The molecule has 4 nitrogen and oxygen atoms in total. The molecule has 1 rings (SSSR count). The Kier molecular flexibility index (Phi) is 6.17. The minimum absolute atomic E-state index is 0.238. The van der Waals surface area contributed by atoms with Crippen molar-refractivity contribution < 1.29 is 14.9 Å². The summed E-state index contributed by atoms with van der Waals surface area (Å²) in [4.78, 5) is 2.28. The van der Waals surface area contributed by atoms with E-state index in [2.05, 4.69) is 4.90 Å². The van der Waals surface area contributed by atoms with E-state index in [1.54, 1.807) is 7.11 Å². The van der Waals surface area contributed by atoms with Crippen LogP contribution in [0, 0.1) is 0 Å². The summed E-state index contributed by atoms with van der Waals surface area (Å²) in [6.45, 7) is 2.33. The number of hydrogen-bond acceptors (Lipinski definition) is 4. The third-order valence-electron chi connectivity index (χ3n) is 3.02. The van der Waals surface area contributed by atoms with Crippen LogP contribution in [0.4, 0.5) is 0 Å². The molecular formula is C11H23NO3. The van der Waals surface area contributed by atoms with Gasteiger partial charge in [0.25, 0.3) is 0 Å². The molecule has 0 amide bonds. The van der Waals surface area contributed by atoms with Crippen LogP contribution in [-0.4, -0.2) is 60.7 Å². The highest BCUT2D eigenvalue weighted by Crippen LogP contribution is 2.19. The van der Waals surface area contributed by atoms with Gasteiger partial charge in [-0.25, -0.2) is 0 Å². The largest absolute Gasteiger partial charge is 0.396 e. The average Bonchev–Trinajstić information content (AvgIpc) is 2.21. The molecule has 1 fully saturated rings. The third-order valence-corrected chi connectivity index (χ3v) is 3.02. The lowest BCUT2D eigenvalue weighted by Crippen LogP contribution is -2.45. The predicted octanol–water partition coefficient (Wildman–Crippen LogP) is 0.231. The number of nitrogens with zero attached hydrogens (tertiary/aromatic N) is 1. The summed E-state index contributed by atoms with van der Waals surface area (Å²) in [6.07, 6.45) is 3.98. The summed E-state index contributed by atoms with van der Waals surface area (Å²) in [5.74, 6) is 0. The van der Waals surface area contributed by atoms with Gasteiger partial charge in [0, 0.05) is 26.3 Å². The van der Waals surface area contributed by atoms with Gasteiger partial charge in [-0.2, -0.15) is 0 Å². The summed E-state index contributed by atoms with van der Waals surface area (Å²) >= 11 is 0. The fourth-order valence-corrected chi connectivity index (χ4v) is 2.29. The Labute approximate surface area is 91.8 Å². The van der Waals surface area contributed by atoms with Crippen LogP contribution in [0.3, 0.4) is 0 Å². The Morgan fingerprint density at radius 3 is 2.93 bits per heavy atom. The van der Waals surface area contributed by atoms with Crippen molar-refractivity contribution in [2.24, 2.45) is 0 Å². The first-order chi connectivity index (χ1) is 7.27. The van der Waals surface area contributed by atoms with E-state index >= 15 is 0 Å². The Morgan fingerprint density at radius 2 is 2.27 bits per heavy atom. The van der Waals surface area contributed by atoms with Gasteiger partial charge in [0.05, 0.1) is 12.7 Å². The average molecular weight is 217 g/mol. The van der Waals surface area contributed by atoms with Crippen molar-refractivity contribution in [1.29, 1.82) is 0 Å². The molecule has 90 valence electrons. The van der Waals surface area contributed by atoms with Crippen LogP contribution in [0.2, 0.25) is 0 Å². The Balaban J connectivity index is 2.34. The van der Waals surface area contributed by atoms with Crippen molar-refractivity contribution in [3.05, 3.63) is 0 Å². The minimum Gasteiger partial charge on any atom is -0.396 e. The monoisotopic (exact) mass is 217 g/mol. The number of likely N-dealkylation sites (tertiary alicyclic amines) is 1. The smallest absolute Gasteiger partial charge is 0.0900 e. The molecule has 0 radical (unpaired) electrons. The molecule has 1 aliphatic heterocycles. The lowest BCUT2D eigenvalue weighted by atomic mass is 9.99. The molecular weight excluding hydrogens is 194 g/mol. The second-order valence-corrected chi connectivity index (χ2v) is 4.27. The molecule has 2 N–H and O–H groups in total. The fourth-order valence-electron chi connectivity index (χ4n) is 2.29. The van der Waals surface area contributed by atoms with Crippen molar-refractivity contribution in [3.8, 4) is 0 Å². The molecule has 2 atom stereocenters. The highest BCUT2D eigenvalue weighted by molar-refractivity contribution is 4.78. The number of methoxy groups -OCH3 is 1. The van der Waals surface area contributed by atoms with Gasteiger partial charge in [-0.15, -0.1) is 0 Å². The second-order valence-electron chi connectivity index (χ2n) is 4.27. The molecule has 0 bridgehead atoms. The van der Waals surface area contributed by atoms with Gasteiger partial charge in [0.2, 0.25) is 0 Å². The van der Waals surface area contributed by atoms with Gasteiger partial charge in [-0.05, 0) is 25.8 Å². The maximum atomic E-state index is 9.66. The van der Waals surface area contributed by atoms with Crippen LogP contribution in [0.1, 0.15) is 25.7 Å². The number of hydrogen-bond donors (Lipinski definition) is 2. The van der Waals surface area contributed by atoms with Gasteiger partial charge in [-0.3, -0.25) is 4.90 Å². The normalized spacial score (nSPS) is 25.4. The lowest BCUT2D eigenvalue weighted by Gasteiger charge is -2.36. The van der Waals surface area contributed by atoms with E-state index in [1.807, 2.05) is 0 Å². The summed E-state index contributed by atoms with van der Waals surface area (Å²) in [6, 6.07) is 0.440. The van der Waals surface area contributed by atoms with Gasteiger partial charge >= 0.3 is 0 Å². The molecule has 4 heteroatoms. The summed E-state index contributed by atoms with van der Waals surface area (Å²) in [5.41, 5.74) is 0. The molecule has 0 aromatic carbocycles. The van der Waals surface area contributed by atoms with E-state index in [9.17, 15) is 5.11 Å². The van der Waals surface area contributed by atoms with Gasteiger partial charge in [0.1, 0.15) is 0 Å². The van der Waals surface area contributed by atoms with Crippen LogP contribution in [-0.2, 0) is 4.74 Å². The number of aliphatic hydroxyl groups excluding tert-OH is 2. The number of ether oxygens (including phenoxy) is 1. The third kappa shape index (κ3) is 4.47. The van der Waals surface area contributed by atoms with E-state index in [1.165, 1.54) is 12.8 Å². The zero-order chi connectivity index (χ0) is 11.1. The molecule has 15 heavy (non-hydrogen) atoms. The summed E-state index contributed by atoms with van der Waals surface area (Å²) < 4.78 is 4.91. The van der Waals surface area contributed by atoms with Crippen molar-refractivity contribution >= 4 is 0 Å². The SMILES string of the molecule is COCC(O)CN1CCCCC1CCO. The molecule has 1 saturated heterocycles. The molecule has 0 aliphatic carbocycles. The van der Waals surface area contributed by atoms with Crippen molar-refractivity contribution in [2.75, 3.05) is 33.4 Å². The number of rotatable bonds is 6. The first-order valence-corrected chi connectivity index (χ1v) is 5.79. The van der Waals surface area contributed by atoms with Crippen LogP contribution < -0.4 is 0 Å². The van der Waals surface area contributed by atoms with Crippen molar-refractivity contribution in [1.82, 2.24) is 4.90 Å². The Bertz CT molecular complexity index is 164. The van der Waals surface area contributed by atoms with E-state index in [0.717, 1.165) is 19.4 Å². The highest BCUT2D eigenvalue weighted by Gasteiger charge is 2.23. The van der Waals surface area contributed by atoms with Crippen LogP contribution in [0.15, 0.2) is 0 Å². The minimum atomic E-state index is -0.408. The Hall–Kier alpha value is -0.160. The van der Waals surface area contributed by atoms with E-state index in [0.29, 0.717) is 19.2 Å². The van der Waals surface area contributed by atoms with E-state index < -0.39 is 6.10 Å². The van der Waals surface area contributed by atoms with Gasteiger partial charge in [0.15, 0.2) is 0 Å². The van der Waals surface area contributed by atoms with E-state index in [-0.39, 0.29) is 6.61 Å². The van der Waals surface area contributed by atoms with Crippen LogP contribution in [0.25, 0.3) is 0 Å². The summed E-state index contributed by atoms with van der Waals surface area (Å²) in [7, 11) is 1.60. The van der Waals surface area contributed by atoms with Crippen LogP contribution in [0.5, 0.6) is 0 Å². The van der Waals surface area contributed by atoms with Gasteiger partial charge in [-0.1, -0.05) is 6.42 Å². The summed E-state index contributed by atoms with van der Waals surface area (Å²) in [5, 5.41) is 18.6.